The molecule has 1 aliphatic rings. The molecule has 148 valence electrons. The van der Waals surface area contributed by atoms with E-state index in [1.807, 2.05) is 7.05 Å². The van der Waals surface area contributed by atoms with Crippen LogP contribution in [0.3, 0.4) is 0 Å². The van der Waals surface area contributed by atoms with Crippen LogP contribution in [0.1, 0.15) is 31.7 Å². The molecule has 0 amide bonds. The highest BCUT2D eigenvalue weighted by Gasteiger charge is 2.16. The fraction of sp³-hybridized carbons (Fsp3) is 0.650. The van der Waals surface area contributed by atoms with Crippen LogP contribution in [-0.2, 0) is 0 Å². The molecule has 1 saturated heterocycles. The first-order chi connectivity index (χ1) is 12.2. The van der Waals surface area contributed by atoms with Crippen LogP contribution in [0, 0.1) is 6.92 Å². The Kier molecular flexibility index (Phi) is 11.7. The average Bonchev–Trinajstić information content (AvgIpc) is 2.64. The first kappa shape index (κ1) is 23.0. The Labute approximate surface area is 176 Å². The van der Waals surface area contributed by atoms with Gasteiger partial charge in [0.05, 0.1) is 0 Å². The minimum absolute atomic E-state index is 0. The summed E-state index contributed by atoms with van der Waals surface area (Å²) in [7, 11) is 1.83. The van der Waals surface area contributed by atoms with Crippen molar-refractivity contribution in [3.63, 3.8) is 0 Å². The van der Waals surface area contributed by atoms with Gasteiger partial charge in [0.15, 0.2) is 5.96 Å². The molecule has 0 aromatic heterocycles. The highest BCUT2D eigenvalue weighted by atomic mass is 127. The number of aryl methyl sites for hydroxylation is 1. The number of guanidine groups is 1. The van der Waals surface area contributed by atoms with Crippen LogP contribution >= 0.6 is 24.0 Å². The van der Waals surface area contributed by atoms with Gasteiger partial charge in [0.2, 0.25) is 0 Å². The van der Waals surface area contributed by atoms with Crippen molar-refractivity contribution in [2.75, 3.05) is 57.8 Å². The van der Waals surface area contributed by atoms with Gasteiger partial charge in [0, 0.05) is 52.0 Å². The zero-order valence-corrected chi connectivity index (χ0v) is 19.0. The van der Waals surface area contributed by atoms with Crippen molar-refractivity contribution in [2.24, 2.45) is 4.99 Å². The van der Waals surface area contributed by atoms with E-state index < -0.39 is 0 Å². The summed E-state index contributed by atoms with van der Waals surface area (Å²) in [6.07, 6.45) is 3.54. The molecule has 0 atom stereocenters. The van der Waals surface area contributed by atoms with Crippen molar-refractivity contribution in [1.29, 1.82) is 0 Å². The van der Waals surface area contributed by atoms with Crippen molar-refractivity contribution in [3.05, 3.63) is 29.8 Å². The second-order valence-corrected chi connectivity index (χ2v) is 6.80. The van der Waals surface area contributed by atoms with Gasteiger partial charge < -0.3 is 15.5 Å². The molecule has 0 aliphatic carbocycles. The van der Waals surface area contributed by atoms with E-state index in [1.54, 1.807) is 0 Å². The molecule has 1 heterocycles. The normalized spacial score (nSPS) is 15.5. The Morgan fingerprint density at radius 1 is 1.08 bits per heavy atom. The molecular formula is C20H36IN5. The number of nitrogens with one attached hydrogen (secondary N) is 2. The van der Waals surface area contributed by atoms with Gasteiger partial charge in [0.25, 0.3) is 0 Å². The van der Waals surface area contributed by atoms with E-state index in [4.69, 9.17) is 0 Å². The van der Waals surface area contributed by atoms with Crippen LogP contribution in [0.4, 0.5) is 5.69 Å². The maximum atomic E-state index is 4.23. The number of unbranched alkanes of at least 4 members (excludes halogenated alkanes) is 1. The number of anilines is 1. The van der Waals surface area contributed by atoms with E-state index >= 15 is 0 Å². The smallest absolute Gasteiger partial charge is 0.190 e. The van der Waals surface area contributed by atoms with Crippen molar-refractivity contribution in [3.8, 4) is 0 Å². The maximum absolute atomic E-state index is 4.23. The molecule has 5 nitrogen and oxygen atoms in total. The molecular weight excluding hydrogens is 437 g/mol. The van der Waals surface area contributed by atoms with E-state index in [0.29, 0.717) is 0 Å². The minimum atomic E-state index is 0. The monoisotopic (exact) mass is 473 g/mol. The van der Waals surface area contributed by atoms with E-state index in [0.717, 1.165) is 38.6 Å². The van der Waals surface area contributed by atoms with Crippen LogP contribution in [0.15, 0.2) is 29.3 Å². The van der Waals surface area contributed by atoms with E-state index in [1.165, 1.54) is 43.7 Å². The lowest BCUT2D eigenvalue weighted by atomic mass is 10.2. The molecule has 0 bridgehead atoms. The highest BCUT2D eigenvalue weighted by molar-refractivity contribution is 14.0. The predicted octanol–water partition coefficient (Wildman–Crippen LogP) is 3.09. The molecule has 0 saturated carbocycles. The van der Waals surface area contributed by atoms with E-state index in [2.05, 4.69) is 63.5 Å². The molecule has 0 radical (unpaired) electrons. The largest absolute Gasteiger partial charge is 0.369 e. The van der Waals surface area contributed by atoms with Crippen molar-refractivity contribution < 1.29 is 0 Å². The number of aliphatic imine (C=N–C) groups is 1. The molecule has 26 heavy (non-hydrogen) atoms. The molecule has 2 N–H and O–H groups in total. The highest BCUT2D eigenvalue weighted by Crippen LogP contribution is 2.17. The molecule has 0 spiro atoms. The Bertz CT molecular complexity index is 527. The summed E-state index contributed by atoms with van der Waals surface area (Å²) in [5.41, 5.74) is 2.71. The Balaban J connectivity index is 0.00000338. The number of benzene rings is 1. The molecule has 1 aliphatic heterocycles. The number of hydrogen-bond donors (Lipinski definition) is 2. The second kappa shape index (κ2) is 13.2. The fourth-order valence-corrected chi connectivity index (χ4v) is 3.19. The first-order valence-electron chi connectivity index (χ1n) is 9.71. The van der Waals surface area contributed by atoms with E-state index in [9.17, 15) is 0 Å². The number of halogens is 1. The van der Waals surface area contributed by atoms with Crippen LogP contribution in [-0.4, -0.2) is 63.7 Å². The Hall–Kier alpha value is -1.02. The zero-order chi connectivity index (χ0) is 17.9. The Morgan fingerprint density at radius 3 is 2.46 bits per heavy atom. The lowest BCUT2D eigenvalue weighted by Gasteiger charge is -2.36. The van der Waals surface area contributed by atoms with Crippen molar-refractivity contribution >= 4 is 35.6 Å². The molecule has 0 unspecified atom stereocenters. The van der Waals surface area contributed by atoms with Crippen molar-refractivity contribution in [1.82, 2.24) is 15.5 Å². The molecule has 1 fully saturated rings. The van der Waals surface area contributed by atoms with Crippen LogP contribution in [0.25, 0.3) is 0 Å². The van der Waals surface area contributed by atoms with Crippen LogP contribution in [0.5, 0.6) is 0 Å². The predicted molar refractivity (Wildman–Crippen MR) is 124 cm³/mol. The number of piperazine rings is 1. The van der Waals surface area contributed by atoms with Gasteiger partial charge in [-0.2, -0.15) is 0 Å². The summed E-state index contributed by atoms with van der Waals surface area (Å²) < 4.78 is 0. The quantitative estimate of drug-likeness (QED) is 0.264. The maximum Gasteiger partial charge on any atom is 0.190 e. The van der Waals surface area contributed by atoms with Gasteiger partial charge in [-0.1, -0.05) is 19.1 Å². The van der Waals surface area contributed by atoms with Crippen LogP contribution < -0.4 is 15.5 Å². The molecule has 1 aromatic rings. The standard InChI is InChI=1S/C20H35N5.HI/c1-4-10-22-20(21-3)23-11-5-6-12-24-13-15-25(16-14-24)19-9-7-8-18(2)17-19;/h7-9,17H,4-6,10-16H2,1-3H3,(H2,21,22,23);1H. The molecule has 1 aromatic carbocycles. The summed E-state index contributed by atoms with van der Waals surface area (Å²) in [6, 6.07) is 8.85. The van der Waals surface area contributed by atoms with Gasteiger partial charge in [-0.3, -0.25) is 9.89 Å². The van der Waals surface area contributed by atoms with Gasteiger partial charge in [-0.15, -0.1) is 24.0 Å². The SMILES string of the molecule is CCCNC(=NC)NCCCCN1CCN(c2cccc(C)c2)CC1.I. The summed E-state index contributed by atoms with van der Waals surface area (Å²) in [5, 5.41) is 6.69. The minimum Gasteiger partial charge on any atom is -0.369 e. The fourth-order valence-electron chi connectivity index (χ4n) is 3.19. The topological polar surface area (TPSA) is 42.9 Å². The van der Waals surface area contributed by atoms with Gasteiger partial charge in [-0.25, -0.2) is 0 Å². The number of rotatable bonds is 8. The summed E-state index contributed by atoms with van der Waals surface area (Å²) >= 11 is 0. The summed E-state index contributed by atoms with van der Waals surface area (Å²) in [6.45, 7) is 12.1. The van der Waals surface area contributed by atoms with E-state index in [-0.39, 0.29) is 24.0 Å². The van der Waals surface area contributed by atoms with Gasteiger partial charge in [-0.05, 0) is 50.4 Å². The third-order valence-corrected chi connectivity index (χ3v) is 4.70. The van der Waals surface area contributed by atoms with Crippen molar-refractivity contribution in [2.45, 2.75) is 33.1 Å². The number of nitrogens with zero attached hydrogens (tertiary/aromatic N) is 3. The number of hydrogen-bond acceptors (Lipinski definition) is 3. The first-order valence-corrected chi connectivity index (χ1v) is 9.71. The van der Waals surface area contributed by atoms with Gasteiger partial charge >= 0.3 is 0 Å². The lowest BCUT2D eigenvalue weighted by Crippen LogP contribution is -2.46. The third-order valence-electron chi connectivity index (χ3n) is 4.70. The average molecular weight is 473 g/mol. The Morgan fingerprint density at radius 2 is 1.81 bits per heavy atom. The van der Waals surface area contributed by atoms with Gasteiger partial charge in [0.1, 0.15) is 0 Å². The molecule has 6 heteroatoms. The summed E-state index contributed by atoms with van der Waals surface area (Å²) in [5.74, 6) is 0.925. The van der Waals surface area contributed by atoms with Crippen LogP contribution in [0.2, 0.25) is 0 Å². The zero-order valence-electron chi connectivity index (χ0n) is 16.6. The molecule has 2 rings (SSSR count). The summed E-state index contributed by atoms with van der Waals surface area (Å²) in [4.78, 5) is 9.34. The lowest BCUT2D eigenvalue weighted by molar-refractivity contribution is 0.253. The third kappa shape index (κ3) is 8.12. The second-order valence-electron chi connectivity index (χ2n) is 6.80.